The smallest absolute Gasteiger partial charge is 0.157 e. The molecule has 4 heteroatoms. The van der Waals surface area contributed by atoms with Crippen LogP contribution in [-0.4, -0.2) is 22.6 Å². The van der Waals surface area contributed by atoms with Gasteiger partial charge in [0.1, 0.15) is 11.2 Å². The molecule has 3 fully saturated rings. The van der Waals surface area contributed by atoms with Gasteiger partial charge >= 0.3 is 0 Å². The molecule has 4 nitrogen and oxygen atoms in total. The van der Waals surface area contributed by atoms with Crippen molar-refractivity contribution in [2.24, 2.45) is 23.7 Å². The molecule has 2 unspecified atom stereocenters. The first-order chi connectivity index (χ1) is 8.95. The Morgan fingerprint density at radius 3 is 2.53 bits per heavy atom. The van der Waals surface area contributed by atoms with Gasteiger partial charge in [-0.1, -0.05) is 20.8 Å². The van der Waals surface area contributed by atoms with Crippen molar-refractivity contribution in [1.82, 2.24) is 0 Å². The van der Waals surface area contributed by atoms with Crippen LogP contribution in [0.15, 0.2) is 0 Å². The Balaban J connectivity index is 2.02. The molecule has 0 aromatic heterocycles. The number of rotatable bonds is 2. The van der Waals surface area contributed by atoms with E-state index in [1.54, 1.807) is 0 Å². The van der Waals surface area contributed by atoms with E-state index in [1.165, 1.54) is 6.42 Å². The lowest BCUT2D eigenvalue weighted by molar-refractivity contribution is -0.569. The summed E-state index contributed by atoms with van der Waals surface area (Å²) in [6.45, 7) is 8.78. The van der Waals surface area contributed by atoms with Crippen LogP contribution >= 0.6 is 0 Å². The molecule has 1 N–H and O–H groups in total. The minimum atomic E-state index is -0.586. The van der Waals surface area contributed by atoms with Gasteiger partial charge in [0.25, 0.3) is 0 Å². The first kappa shape index (κ1) is 13.8. The molecule has 110 valence electrons. The first-order valence-corrected chi connectivity index (χ1v) is 7.62. The van der Waals surface area contributed by atoms with Crippen molar-refractivity contribution in [3.8, 4) is 0 Å². The number of hydrogen-bond donors (Lipinski definition) is 1. The van der Waals surface area contributed by atoms with Crippen LogP contribution in [0.4, 0.5) is 0 Å². The van der Waals surface area contributed by atoms with E-state index in [-0.39, 0.29) is 11.7 Å². The standard InChI is InChI=1S/C15H26O4/c1-9(2)11-6-5-10(3)12-7-8-14(4)13(17-19-14)15(11,12)18-16/h9-13,16H,5-8H2,1-4H3/t10-,11-,12+,13?,14?,15+/m1/s1. The molecule has 0 bridgehead atoms. The van der Waals surface area contributed by atoms with Gasteiger partial charge in [-0.3, -0.25) is 5.26 Å². The molecule has 3 aliphatic rings. The van der Waals surface area contributed by atoms with Crippen LogP contribution in [0.3, 0.4) is 0 Å². The molecular formula is C15H26O4. The molecule has 0 spiro atoms. The van der Waals surface area contributed by atoms with Gasteiger partial charge in [0.15, 0.2) is 6.10 Å². The topological polar surface area (TPSA) is 47.9 Å². The quantitative estimate of drug-likeness (QED) is 0.617. The van der Waals surface area contributed by atoms with Crippen molar-refractivity contribution < 1.29 is 19.9 Å². The monoisotopic (exact) mass is 270 g/mol. The van der Waals surface area contributed by atoms with Gasteiger partial charge in [0, 0.05) is 0 Å². The zero-order valence-electron chi connectivity index (χ0n) is 12.4. The molecule has 0 aromatic carbocycles. The highest BCUT2D eigenvalue weighted by Gasteiger charge is 2.70. The SMILES string of the molecule is CC(C)[C@H]1CC[C@@H](C)[C@@H]2CCC3(C)OOC3[C@]12OO. The zero-order chi connectivity index (χ0) is 13.8. The maximum Gasteiger partial charge on any atom is 0.157 e. The van der Waals surface area contributed by atoms with Crippen molar-refractivity contribution in [3.63, 3.8) is 0 Å². The lowest BCUT2D eigenvalue weighted by Crippen LogP contribution is -2.75. The predicted octanol–water partition coefficient (Wildman–Crippen LogP) is 3.42. The molecule has 19 heavy (non-hydrogen) atoms. The van der Waals surface area contributed by atoms with Crippen LogP contribution < -0.4 is 0 Å². The van der Waals surface area contributed by atoms with Crippen molar-refractivity contribution in [2.45, 2.75) is 70.7 Å². The molecule has 3 rings (SSSR count). The largest absolute Gasteiger partial charge is 0.251 e. The fraction of sp³-hybridized carbons (Fsp3) is 1.00. The van der Waals surface area contributed by atoms with Gasteiger partial charge in [-0.05, 0) is 56.3 Å². The van der Waals surface area contributed by atoms with Crippen molar-refractivity contribution in [1.29, 1.82) is 0 Å². The Labute approximate surface area is 115 Å². The molecule has 0 radical (unpaired) electrons. The van der Waals surface area contributed by atoms with E-state index < -0.39 is 5.60 Å². The summed E-state index contributed by atoms with van der Waals surface area (Å²) in [6, 6.07) is 0. The second-order valence-corrected chi connectivity index (χ2v) is 7.37. The van der Waals surface area contributed by atoms with E-state index in [0.29, 0.717) is 23.7 Å². The zero-order valence-corrected chi connectivity index (χ0v) is 12.4. The molecule has 0 amide bonds. The highest BCUT2D eigenvalue weighted by Crippen LogP contribution is 2.60. The summed E-state index contributed by atoms with van der Waals surface area (Å²) in [5, 5.41) is 9.82. The van der Waals surface area contributed by atoms with Gasteiger partial charge in [0.2, 0.25) is 0 Å². The van der Waals surface area contributed by atoms with E-state index in [4.69, 9.17) is 14.7 Å². The van der Waals surface area contributed by atoms with Crippen molar-refractivity contribution >= 4 is 0 Å². The average Bonchev–Trinajstić information content (AvgIpc) is 2.34. The van der Waals surface area contributed by atoms with Gasteiger partial charge < -0.3 is 0 Å². The Morgan fingerprint density at radius 2 is 2.00 bits per heavy atom. The van der Waals surface area contributed by atoms with E-state index in [1.807, 2.05) is 0 Å². The van der Waals surface area contributed by atoms with Crippen molar-refractivity contribution in [3.05, 3.63) is 0 Å². The van der Waals surface area contributed by atoms with Crippen LogP contribution in [0.5, 0.6) is 0 Å². The summed E-state index contributed by atoms with van der Waals surface area (Å²) in [5.41, 5.74) is -0.874. The Bertz CT molecular complexity index is 349. The third kappa shape index (κ3) is 1.67. The summed E-state index contributed by atoms with van der Waals surface area (Å²) in [7, 11) is 0. The van der Waals surface area contributed by atoms with E-state index in [2.05, 4.69) is 27.7 Å². The Hall–Kier alpha value is -0.160. The van der Waals surface area contributed by atoms with E-state index >= 15 is 0 Å². The molecule has 6 atom stereocenters. The highest BCUT2D eigenvalue weighted by atomic mass is 17.3. The second-order valence-electron chi connectivity index (χ2n) is 7.37. The maximum atomic E-state index is 9.82. The summed E-state index contributed by atoms with van der Waals surface area (Å²) in [4.78, 5) is 16.0. The van der Waals surface area contributed by atoms with Crippen LogP contribution in [-0.2, 0) is 14.7 Å². The Morgan fingerprint density at radius 1 is 1.26 bits per heavy atom. The van der Waals surface area contributed by atoms with E-state index in [9.17, 15) is 5.26 Å². The number of hydrogen-bond acceptors (Lipinski definition) is 4. The van der Waals surface area contributed by atoms with Crippen LogP contribution in [0, 0.1) is 23.7 Å². The molecular weight excluding hydrogens is 244 g/mol. The lowest BCUT2D eigenvalue weighted by atomic mass is 9.52. The third-order valence-corrected chi connectivity index (χ3v) is 5.99. The summed E-state index contributed by atoms with van der Waals surface area (Å²) in [5.74, 6) is 1.72. The third-order valence-electron chi connectivity index (χ3n) is 5.99. The average molecular weight is 270 g/mol. The maximum absolute atomic E-state index is 9.82. The normalized spacial score (nSPS) is 53.4. The minimum Gasteiger partial charge on any atom is -0.251 e. The van der Waals surface area contributed by atoms with Crippen LogP contribution in [0.1, 0.15) is 53.4 Å². The molecule has 0 aromatic rings. The van der Waals surface area contributed by atoms with Crippen LogP contribution in [0.2, 0.25) is 0 Å². The fourth-order valence-electron chi connectivity index (χ4n) is 4.95. The Kier molecular flexibility index (Phi) is 3.21. The summed E-state index contributed by atoms with van der Waals surface area (Å²) >= 11 is 0. The van der Waals surface area contributed by atoms with E-state index in [0.717, 1.165) is 19.3 Å². The van der Waals surface area contributed by atoms with Gasteiger partial charge in [-0.2, -0.15) is 0 Å². The first-order valence-electron chi connectivity index (χ1n) is 7.62. The minimum absolute atomic E-state index is 0.140. The van der Waals surface area contributed by atoms with Gasteiger partial charge in [0.05, 0.1) is 0 Å². The molecule has 2 saturated carbocycles. The van der Waals surface area contributed by atoms with Crippen molar-refractivity contribution in [2.75, 3.05) is 0 Å². The lowest BCUT2D eigenvalue weighted by Gasteiger charge is -2.64. The molecule has 2 aliphatic carbocycles. The molecule has 1 heterocycles. The van der Waals surface area contributed by atoms with Crippen LogP contribution in [0.25, 0.3) is 0 Å². The molecule has 1 saturated heterocycles. The predicted molar refractivity (Wildman–Crippen MR) is 70.3 cm³/mol. The number of fused-ring (bicyclic) bond motifs is 3. The summed E-state index contributed by atoms with van der Waals surface area (Å²) in [6.07, 6.45) is 4.19. The van der Waals surface area contributed by atoms with Gasteiger partial charge in [-0.15, -0.1) is 0 Å². The second kappa shape index (κ2) is 4.42. The summed E-state index contributed by atoms with van der Waals surface area (Å²) < 4.78 is 0. The molecule has 1 aliphatic heterocycles. The fourth-order valence-corrected chi connectivity index (χ4v) is 4.95. The highest BCUT2D eigenvalue weighted by molar-refractivity contribution is 5.15. The van der Waals surface area contributed by atoms with Gasteiger partial charge in [-0.25, -0.2) is 14.7 Å².